The molecule has 0 amide bonds. The Kier molecular flexibility index (Phi) is 1.59. The lowest BCUT2D eigenvalue weighted by Gasteiger charge is -1.94. The Morgan fingerprint density at radius 1 is 1.55 bits per heavy atom. The molecule has 0 atom stereocenters. The van der Waals surface area contributed by atoms with Gasteiger partial charge in [0, 0.05) is 0 Å². The second-order valence-electron chi connectivity index (χ2n) is 2.37. The standard InChI is InChI=1S/C8H6ClNS/c1-5-8-6(2-3-11-8)4-7(9)10-5/h2-4H,1H3. The van der Waals surface area contributed by atoms with E-state index in [0.29, 0.717) is 5.15 Å². The smallest absolute Gasteiger partial charge is 0.130 e. The van der Waals surface area contributed by atoms with Crippen LogP contribution in [0.15, 0.2) is 17.5 Å². The van der Waals surface area contributed by atoms with Crippen molar-refractivity contribution in [2.24, 2.45) is 0 Å². The van der Waals surface area contributed by atoms with Crippen LogP contribution in [0.4, 0.5) is 0 Å². The Morgan fingerprint density at radius 2 is 2.36 bits per heavy atom. The number of rotatable bonds is 0. The highest BCUT2D eigenvalue weighted by molar-refractivity contribution is 7.17. The Labute approximate surface area is 73.6 Å². The lowest BCUT2D eigenvalue weighted by atomic mass is 10.3. The van der Waals surface area contributed by atoms with Crippen molar-refractivity contribution in [2.45, 2.75) is 6.92 Å². The van der Waals surface area contributed by atoms with E-state index in [4.69, 9.17) is 11.6 Å². The van der Waals surface area contributed by atoms with Gasteiger partial charge in [-0.25, -0.2) is 4.98 Å². The van der Waals surface area contributed by atoms with E-state index in [1.54, 1.807) is 11.3 Å². The van der Waals surface area contributed by atoms with Gasteiger partial charge in [0.15, 0.2) is 0 Å². The van der Waals surface area contributed by atoms with Gasteiger partial charge in [0.2, 0.25) is 0 Å². The van der Waals surface area contributed by atoms with Crippen LogP contribution < -0.4 is 0 Å². The normalized spacial score (nSPS) is 10.7. The van der Waals surface area contributed by atoms with Crippen molar-refractivity contribution >= 4 is 33.0 Å². The van der Waals surface area contributed by atoms with Crippen molar-refractivity contribution in [2.75, 3.05) is 0 Å². The Morgan fingerprint density at radius 3 is 3.18 bits per heavy atom. The maximum absolute atomic E-state index is 5.77. The van der Waals surface area contributed by atoms with Crippen LogP contribution in [0.5, 0.6) is 0 Å². The van der Waals surface area contributed by atoms with Crippen LogP contribution in [0, 0.1) is 6.92 Å². The molecule has 0 saturated carbocycles. The molecule has 0 aliphatic heterocycles. The molecule has 11 heavy (non-hydrogen) atoms. The highest BCUT2D eigenvalue weighted by Gasteiger charge is 2.00. The number of hydrogen-bond donors (Lipinski definition) is 0. The largest absolute Gasteiger partial charge is 0.240 e. The summed E-state index contributed by atoms with van der Waals surface area (Å²) in [6.07, 6.45) is 0. The first-order valence-electron chi connectivity index (χ1n) is 3.28. The highest BCUT2D eigenvalue weighted by atomic mass is 35.5. The summed E-state index contributed by atoms with van der Waals surface area (Å²) in [6, 6.07) is 3.95. The Hall–Kier alpha value is -0.600. The third-order valence-corrected chi connectivity index (χ3v) is 2.81. The summed E-state index contributed by atoms with van der Waals surface area (Å²) in [7, 11) is 0. The van der Waals surface area contributed by atoms with E-state index >= 15 is 0 Å². The van der Waals surface area contributed by atoms with Crippen molar-refractivity contribution in [3.05, 3.63) is 28.4 Å². The van der Waals surface area contributed by atoms with Crippen molar-refractivity contribution in [3.8, 4) is 0 Å². The molecule has 0 aromatic carbocycles. The van der Waals surface area contributed by atoms with E-state index in [2.05, 4.69) is 16.4 Å². The number of nitrogens with zero attached hydrogens (tertiary/aromatic N) is 1. The summed E-state index contributed by atoms with van der Waals surface area (Å²) in [5, 5.41) is 3.82. The molecule has 3 heteroatoms. The van der Waals surface area contributed by atoms with Gasteiger partial charge in [0.25, 0.3) is 0 Å². The van der Waals surface area contributed by atoms with E-state index in [1.165, 1.54) is 10.1 Å². The van der Waals surface area contributed by atoms with Crippen LogP contribution >= 0.6 is 22.9 Å². The molecule has 2 aromatic rings. The lowest BCUT2D eigenvalue weighted by Crippen LogP contribution is -1.79. The first kappa shape index (κ1) is 7.07. The average Bonchev–Trinajstić information content (AvgIpc) is 2.34. The van der Waals surface area contributed by atoms with E-state index in [9.17, 15) is 0 Å². The summed E-state index contributed by atoms with van der Waals surface area (Å²) in [6.45, 7) is 1.98. The number of hydrogen-bond acceptors (Lipinski definition) is 2. The summed E-state index contributed by atoms with van der Waals surface area (Å²) in [4.78, 5) is 4.15. The molecule has 2 heterocycles. The molecular formula is C8H6ClNS. The van der Waals surface area contributed by atoms with Gasteiger partial charge >= 0.3 is 0 Å². The van der Waals surface area contributed by atoms with Gasteiger partial charge in [-0.3, -0.25) is 0 Å². The molecule has 0 N–H and O–H groups in total. The molecule has 0 fully saturated rings. The third-order valence-electron chi connectivity index (χ3n) is 1.57. The Balaban J connectivity index is 2.91. The summed E-state index contributed by atoms with van der Waals surface area (Å²) in [5.74, 6) is 0. The molecule has 0 bridgehead atoms. The molecule has 0 spiro atoms. The molecule has 2 rings (SSSR count). The summed E-state index contributed by atoms with van der Waals surface area (Å²) in [5.41, 5.74) is 1.02. The van der Waals surface area contributed by atoms with E-state index in [0.717, 1.165) is 5.69 Å². The minimum Gasteiger partial charge on any atom is -0.240 e. The minimum absolute atomic E-state index is 0.577. The molecule has 0 radical (unpaired) electrons. The van der Waals surface area contributed by atoms with Gasteiger partial charge in [-0.1, -0.05) is 11.6 Å². The topological polar surface area (TPSA) is 12.9 Å². The van der Waals surface area contributed by atoms with E-state index < -0.39 is 0 Å². The molecule has 0 saturated heterocycles. The van der Waals surface area contributed by atoms with E-state index in [1.807, 2.05) is 13.0 Å². The van der Waals surface area contributed by atoms with Gasteiger partial charge in [-0.15, -0.1) is 11.3 Å². The van der Waals surface area contributed by atoms with Gasteiger partial charge in [0.1, 0.15) is 5.15 Å². The fourth-order valence-corrected chi connectivity index (χ4v) is 2.17. The minimum atomic E-state index is 0.577. The van der Waals surface area contributed by atoms with Gasteiger partial charge in [-0.05, 0) is 29.8 Å². The molecule has 0 unspecified atom stereocenters. The number of thiophene rings is 1. The number of halogens is 1. The van der Waals surface area contributed by atoms with Crippen molar-refractivity contribution < 1.29 is 0 Å². The van der Waals surface area contributed by atoms with E-state index in [-0.39, 0.29) is 0 Å². The van der Waals surface area contributed by atoms with Crippen LogP contribution in [0.2, 0.25) is 5.15 Å². The van der Waals surface area contributed by atoms with Crippen LogP contribution in [0.1, 0.15) is 5.69 Å². The van der Waals surface area contributed by atoms with Gasteiger partial charge < -0.3 is 0 Å². The zero-order chi connectivity index (χ0) is 7.84. The molecule has 1 nitrogen and oxygen atoms in total. The van der Waals surface area contributed by atoms with Gasteiger partial charge in [-0.2, -0.15) is 0 Å². The fraction of sp³-hybridized carbons (Fsp3) is 0.125. The lowest BCUT2D eigenvalue weighted by molar-refractivity contribution is 1.24. The molecule has 0 aliphatic rings. The van der Waals surface area contributed by atoms with Crippen LogP contribution in [-0.4, -0.2) is 4.98 Å². The molecule has 2 aromatic heterocycles. The van der Waals surface area contributed by atoms with Crippen molar-refractivity contribution in [1.82, 2.24) is 4.98 Å². The SMILES string of the molecule is Cc1nc(Cl)cc2ccsc12. The maximum atomic E-state index is 5.77. The fourth-order valence-electron chi connectivity index (χ4n) is 1.10. The zero-order valence-electron chi connectivity index (χ0n) is 5.97. The molecule has 0 aliphatic carbocycles. The average molecular weight is 184 g/mol. The van der Waals surface area contributed by atoms with Crippen molar-refractivity contribution in [3.63, 3.8) is 0 Å². The number of aromatic nitrogens is 1. The first-order chi connectivity index (χ1) is 5.27. The van der Waals surface area contributed by atoms with Crippen molar-refractivity contribution in [1.29, 1.82) is 0 Å². The summed E-state index contributed by atoms with van der Waals surface area (Å²) < 4.78 is 1.23. The van der Waals surface area contributed by atoms with Crippen LogP contribution in [0.3, 0.4) is 0 Å². The number of fused-ring (bicyclic) bond motifs is 1. The van der Waals surface area contributed by atoms with Crippen LogP contribution in [0.25, 0.3) is 10.1 Å². The predicted octanol–water partition coefficient (Wildman–Crippen LogP) is 3.26. The molecule has 56 valence electrons. The first-order valence-corrected chi connectivity index (χ1v) is 4.53. The monoisotopic (exact) mass is 183 g/mol. The maximum Gasteiger partial charge on any atom is 0.130 e. The number of pyridine rings is 1. The predicted molar refractivity (Wildman–Crippen MR) is 49.4 cm³/mol. The molecular weight excluding hydrogens is 178 g/mol. The second-order valence-corrected chi connectivity index (χ2v) is 3.67. The van der Waals surface area contributed by atoms with Crippen LogP contribution in [-0.2, 0) is 0 Å². The highest BCUT2D eigenvalue weighted by Crippen LogP contribution is 2.25. The number of aryl methyl sites for hydroxylation is 1. The summed E-state index contributed by atoms with van der Waals surface area (Å²) >= 11 is 7.48. The van der Waals surface area contributed by atoms with Gasteiger partial charge in [0.05, 0.1) is 10.4 Å². The third kappa shape index (κ3) is 1.12. The second kappa shape index (κ2) is 2.47. The zero-order valence-corrected chi connectivity index (χ0v) is 7.54. The Bertz CT molecular complexity index is 394. The quantitative estimate of drug-likeness (QED) is 0.572.